The lowest BCUT2D eigenvalue weighted by molar-refractivity contribution is -0.147. The average Bonchev–Trinajstić information content (AvgIpc) is 3.00. The second-order valence-electron chi connectivity index (χ2n) is 10.1. The van der Waals surface area contributed by atoms with E-state index in [-0.39, 0.29) is 56.2 Å². The fourth-order valence-electron chi connectivity index (χ4n) is 5.36. The Morgan fingerprint density at radius 2 is 1.88 bits per heavy atom. The van der Waals surface area contributed by atoms with Crippen LogP contribution in [-0.4, -0.2) is 60.2 Å². The second kappa shape index (κ2) is 12.8. The van der Waals surface area contributed by atoms with Gasteiger partial charge in [-0.3, -0.25) is 9.69 Å². The third-order valence-corrected chi connectivity index (χ3v) is 7.46. The van der Waals surface area contributed by atoms with Crippen molar-refractivity contribution in [2.75, 3.05) is 38.2 Å². The van der Waals surface area contributed by atoms with Gasteiger partial charge in [0.05, 0.1) is 50.1 Å². The maximum atomic E-state index is 13.7. The molecule has 0 radical (unpaired) electrons. The van der Waals surface area contributed by atoms with E-state index in [1.54, 1.807) is 6.07 Å². The summed E-state index contributed by atoms with van der Waals surface area (Å²) >= 11 is 0. The van der Waals surface area contributed by atoms with E-state index in [1.807, 2.05) is 40.1 Å². The zero-order chi connectivity index (χ0) is 29.7. The van der Waals surface area contributed by atoms with Crippen molar-refractivity contribution >= 4 is 11.8 Å². The van der Waals surface area contributed by atoms with Gasteiger partial charge in [0.1, 0.15) is 12.4 Å². The molecule has 2 aromatic carbocycles. The maximum Gasteiger partial charge on any atom is 0.416 e. The normalized spacial score (nSPS) is 19.1. The molecule has 220 valence electrons. The van der Waals surface area contributed by atoms with Crippen molar-refractivity contribution in [1.82, 2.24) is 14.9 Å². The summed E-state index contributed by atoms with van der Waals surface area (Å²) in [5.74, 6) is 0.170. The Morgan fingerprint density at radius 1 is 1.12 bits per heavy atom. The quantitative estimate of drug-likeness (QED) is 0.357. The summed E-state index contributed by atoms with van der Waals surface area (Å²) in [4.78, 5) is 25.6. The topological polar surface area (TPSA) is 101 Å². The summed E-state index contributed by atoms with van der Waals surface area (Å²) in [7, 11) is 1.43. The molecule has 1 unspecified atom stereocenters. The summed E-state index contributed by atoms with van der Waals surface area (Å²) in [6.07, 6.45) is -5.06. The predicted molar refractivity (Wildman–Crippen MR) is 145 cm³/mol. The van der Waals surface area contributed by atoms with E-state index in [4.69, 9.17) is 14.2 Å². The number of piperazine rings is 1. The Morgan fingerprint density at radius 3 is 2.62 bits per heavy atom. The van der Waals surface area contributed by atoms with Crippen LogP contribution in [0.3, 0.4) is 0 Å². The van der Waals surface area contributed by atoms with Crippen LogP contribution in [-0.2, 0) is 40.1 Å². The zero-order valence-corrected chi connectivity index (χ0v) is 23.0. The van der Waals surface area contributed by atoms with Gasteiger partial charge < -0.3 is 19.1 Å². The number of hydrogen-bond acceptors (Lipinski definition) is 9. The number of aromatic nitrogens is 2. The zero-order valence-electron chi connectivity index (χ0n) is 23.0. The fourth-order valence-corrected chi connectivity index (χ4v) is 5.36. The van der Waals surface area contributed by atoms with E-state index >= 15 is 0 Å². The van der Waals surface area contributed by atoms with Crippen molar-refractivity contribution in [2.45, 2.75) is 44.4 Å². The molecule has 2 aliphatic rings. The number of nitriles is 1. The number of carbonyl (C=O) groups excluding carboxylic acids is 1. The van der Waals surface area contributed by atoms with E-state index in [9.17, 15) is 23.2 Å². The van der Waals surface area contributed by atoms with Crippen LogP contribution in [0.1, 0.15) is 40.5 Å². The number of halogens is 3. The van der Waals surface area contributed by atoms with Crippen molar-refractivity contribution in [3.8, 4) is 12.1 Å². The van der Waals surface area contributed by atoms with Gasteiger partial charge in [-0.1, -0.05) is 48.5 Å². The molecule has 1 aromatic heterocycles. The van der Waals surface area contributed by atoms with Gasteiger partial charge in [-0.15, -0.1) is 0 Å². The monoisotopic (exact) mass is 581 g/mol. The molecule has 5 rings (SSSR count). The van der Waals surface area contributed by atoms with Gasteiger partial charge >= 0.3 is 18.2 Å². The van der Waals surface area contributed by atoms with Crippen LogP contribution in [0, 0.1) is 11.3 Å². The van der Waals surface area contributed by atoms with Gasteiger partial charge in [0.15, 0.2) is 0 Å². The van der Waals surface area contributed by atoms with Crippen LogP contribution in [0.5, 0.6) is 6.01 Å². The fraction of sp³-hybridized carbons (Fsp3) is 0.400. The highest BCUT2D eigenvalue weighted by Gasteiger charge is 2.38. The number of hydrogen-bond donors (Lipinski definition) is 0. The van der Waals surface area contributed by atoms with Gasteiger partial charge in [-0.25, -0.2) is 0 Å². The first-order chi connectivity index (χ1) is 20.3. The highest BCUT2D eigenvalue weighted by atomic mass is 19.4. The number of esters is 1. The van der Waals surface area contributed by atoms with Gasteiger partial charge in [0.25, 0.3) is 0 Å². The van der Waals surface area contributed by atoms with E-state index in [1.165, 1.54) is 19.2 Å². The third kappa shape index (κ3) is 6.64. The van der Waals surface area contributed by atoms with Gasteiger partial charge in [0, 0.05) is 37.7 Å². The number of nitrogens with zero attached hydrogens (tertiary/aromatic N) is 5. The summed E-state index contributed by atoms with van der Waals surface area (Å²) in [6, 6.07) is 16.8. The van der Waals surface area contributed by atoms with Gasteiger partial charge in [0.2, 0.25) is 0 Å². The summed E-state index contributed by atoms with van der Waals surface area (Å²) < 4.78 is 57.8. The van der Waals surface area contributed by atoms with Crippen LogP contribution < -0.4 is 9.64 Å². The van der Waals surface area contributed by atoms with Gasteiger partial charge in [-0.2, -0.15) is 28.4 Å². The largest absolute Gasteiger partial charge is 0.467 e. The molecule has 2 atom stereocenters. The van der Waals surface area contributed by atoms with Crippen molar-refractivity contribution in [3.63, 3.8) is 0 Å². The number of benzene rings is 2. The van der Waals surface area contributed by atoms with E-state index in [0.717, 1.165) is 11.6 Å². The minimum Gasteiger partial charge on any atom is -0.467 e. The molecule has 0 saturated carbocycles. The predicted octanol–water partition coefficient (Wildman–Crippen LogP) is 4.47. The molecule has 0 amide bonds. The lowest BCUT2D eigenvalue weighted by atomic mass is 9.95. The molecule has 3 aromatic rings. The number of alkyl halides is 3. The van der Waals surface area contributed by atoms with Gasteiger partial charge in [-0.05, 0) is 17.2 Å². The van der Waals surface area contributed by atoms with E-state index in [2.05, 4.69) is 16.0 Å². The second-order valence-corrected chi connectivity index (χ2v) is 10.1. The molecule has 3 heterocycles. The molecule has 0 aliphatic carbocycles. The van der Waals surface area contributed by atoms with Crippen LogP contribution >= 0.6 is 0 Å². The van der Waals surface area contributed by atoms with Crippen molar-refractivity contribution in [3.05, 3.63) is 82.5 Å². The molecule has 42 heavy (non-hydrogen) atoms. The number of carbonyl (C=O) groups is 1. The average molecular weight is 582 g/mol. The number of anilines is 1. The molecule has 1 saturated heterocycles. The third-order valence-electron chi connectivity index (χ3n) is 7.46. The maximum absolute atomic E-state index is 13.7. The standard InChI is InChI=1S/C30H30F3N5O4/c1-40-29-35-25-15-26(22-9-5-6-10-24(22)30(31,32)33)41-19-23(25)28(36-29)38-14-13-37(21(16-38)11-12-34)17-27(39)42-18-20-7-3-2-4-8-20/h2-10,21,26H,11,13-19H2,1H3/t21-,26?/m0/s1. The molecule has 9 nitrogen and oxygen atoms in total. The Hall–Kier alpha value is -4.21. The molecule has 0 bridgehead atoms. The first-order valence-corrected chi connectivity index (χ1v) is 13.5. The molecular formula is C30H30F3N5O4. The van der Waals surface area contributed by atoms with Crippen LogP contribution in [0.15, 0.2) is 54.6 Å². The minimum atomic E-state index is -4.52. The highest BCUT2D eigenvalue weighted by molar-refractivity contribution is 5.71. The Bertz CT molecular complexity index is 1450. The van der Waals surface area contributed by atoms with E-state index < -0.39 is 17.8 Å². The Labute approximate surface area is 241 Å². The lowest BCUT2D eigenvalue weighted by Crippen LogP contribution is -2.55. The molecule has 0 N–H and O–H groups in total. The summed E-state index contributed by atoms with van der Waals surface area (Å²) in [5, 5.41) is 9.51. The van der Waals surface area contributed by atoms with Crippen molar-refractivity contribution in [1.29, 1.82) is 5.26 Å². The Balaban J connectivity index is 1.32. The number of methoxy groups -OCH3 is 1. The SMILES string of the molecule is COc1nc2c(c(N3CCN(CC(=O)OCc4ccccc4)[C@@H](CC#N)C3)n1)COC(c1ccccc1C(F)(F)F)C2. The van der Waals surface area contributed by atoms with Crippen LogP contribution in [0.4, 0.5) is 19.0 Å². The Kier molecular flexibility index (Phi) is 8.89. The molecule has 0 spiro atoms. The van der Waals surface area contributed by atoms with Crippen LogP contribution in [0.2, 0.25) is 0 Å². The summed E-state index contributed by atoms with van der Waals surface area (Å²) in [6.45, 7) is 1.58. The number of fused-ring (bicyclic) bond motifs is 1. The van der Waals surface area contributed by atoms with Crippen molar-refractivity contribution in [2.24, 2.45) is 0 Å². The summed E-state index contributed by atoms with van der Waals surface area (Å²) in [5.41, 5.74) is 1.42. The first-order valence-electron chi connectivity index (χ1n) is 13.5. The molecule has 1 fully saturated rings. The smallest absolute Gasteiger partial charge is 0.416 e. The number of rotatable bonds is 8. The van der Waals surface area contributed by atoms with Crippen molar-refractivity contribution < 1.29 is 32.2 Å². The van der Waals surface area contributed by atoms with Crippen LogP contribution in [0.25, 0.3) is 0 Å². The first kappa shape index (κ1) is 29.3. The lowest BCUT2D eigenvalue weighted by Gasteiger charge is -2.41. The molecular weight excluding hydrogens is 551 g/mol. The minimum absolute atomic E-state index is 0.0143. The molecule has 12 heteroatoms. The highest BCUT2D eigenvalue weighted by Crippen LogP contribution is 2.40. The van der Waals surface area contributed by atoms with E-state index in [0.29, 0.717) is 36.7 Å². The molecule has 2 aliphatic heterocycles. The number of ether oxygens (including phenoxy) is 3.